The second-order valence-corrected chi connectivity index (χ2v) is 6.14. The topological polar surface area (TPSA) is 107 Å². The van der Waals surface area contributed by atoms with Crippen LogP contribution in [0, 0.1) is 0 Å². The largest absolute Gasteiger partial charge is 0.461 e. The van der Waals surface area contributed by atoms with Crippen molar-refractivity contribution >= 4 is 36.0 Å². The number of aliphatic imine (C=N–C) groups is 1. The molecule has 0 saturated carbocycles. The third-order valence-corrected chi connectivity index (χ3v) is 4.16. The number of nitrogens with one attached hydrogen (secondary N) is 1. The number of hydrogen-bond acceptors (Lipinski definition) is 7. The summed E-state index contributed by atoms with van der Waals surface area (Å²) in [5.74, 6) is -0.517. The SMILES string of the molecule is C=Nc1ccc(CNC(=O)c2cccc(C(=O)OCC)n2)cc1SCN. The fraction of sp³-hybridized carbons (Fsp3) is 0.222. The number of nitrogens with zero attached hydrogens (tertiary/aromatic N) is 2. The van der Waals surface area contributed by atoms with E-state index in [-0.39, 0.29) is 23.9 Å². The van der Waals surface area contributed by atoms with Crippen LogP contribution >= 0.6 is 11.8 Å². The number of esters is 1. The predicted molar refractivity (Wildman–Crippen MR) is 102 cm³/mol. The number of rotatable bonds is 8. The first-order chi connectivity index (χ1) is 12.6. The monoisotopic (exact) mass is 372 g/mol. The van der Waals surface area contributed by atoms with Crippen molar-refractivity contribution < 1.29 is 14.3 Å². The summed E-state index contributed by atoms with van der Waals surface area (Å²) in [4.78, 5) is 32.9. The summed E-state index contributed by atoms with van der Waals surface area (Å²) in [6.45, 7) is 5.79. The molecule has 0 saturated heterocycles. The number of hydrogen-bond donors (Lipinski definition) is 2. The van der Waals surface area contributed by atoms with Gasteiger partial charge in [-0.2, -0.15) is 0 Å². The third kappa shape index (κ3) is 5.14. The molecule has 7 nitrogen and oxygen atoms in total. The summed E-state index contributed by atoms with van der Waals surface area (Å²) in [7, 11) is 0. The van der Waals surface area contributed by atoms with E-state index >= 15 is 0 Å². The van der Waals surface area contributed by atoms with E-state index in [1.165, 1.54) is 17.8 Å². The summed E-state index contributed by atoms with van der Waals surface area (Å²) >= 11 is 1.45. The lowest BCUT2D eigenvalue weighted by Gasteiger charge is -2.09. The van der Waals surface area contributed by atoms with Gasteiger partial charge in [-0.15, -0.1) is 11.8 Å². The number of pyridine rings is 1. The van der Waals surface area contributed by atoms with E-state index in [9.17, 15) is 9.59 Å². The van der Waals surface area contributed by atoms with Crippen LogP contribution in [0.25, 0.3) is 0 Å². The molecule has 0 aliphatic heterocycles. The van der Waals surface area contributed by atoms with Gasteiger partial charge in [-0.25, -0.2) is 9.78 Å². The van der Waals surface area contributed by atoms with Crippen molar-refractivity contribution in [3.05, 3.63) is 53.3 Å². The van der Waals surface area contributed by atoms with Crippen LogP contribution in [0.1, 0.15) is 33.5 Å². The summed E-state index contributed by atoms with van der Waals surface area (Å²) in [6.07, 6.45) is 0. The number of nitrogens with two attached hydrogens (primary N) is 1. The average Bonchev–Trinajstić information content (AvgIpc) is 2.67. The molecule has 0 atom stereocenters. The number of carbonyl (C=O) groups excluding carboxylic acids is 2. The number of aromatic nitrogens is 1. The van der Waals surface area contributed by atoms with Crippen LogP contribution < -0.4 is 11.1 Å². The zero-order valence-electron chi connectivity index (χ0n) is 14.4. The third-order valence-electron chi connectivity index (χ3n) is 3.35. The first-order valence-electron chi connectivity index (χ1n) is 7.94. The van der Waals surface area contributed by atoms with Gasteiger partial charge in [0.2, 0.25) is 0 Å². The van der Waals surface area contributed by atoms with Crippen molar-refractivity contribution in [3.63, 3.8) is 0 Å². The first kappa shape index (κ1) is 19.6. The molecule has 136 valence electrons. The van der Waals surface area contributed by atoms with E-state index in [1.807, 2.05) is 18.2 Å². The van der Waals surface area contributed by atoms with Crippen molar-refractivity contribution in [3.8, 4) is 0 Å². The first-order valence-corrected chi connectivity index (χ1v) is 8.92. The van der Waals surface area contributed by atoms with Gasteiger partial charge < -0.3 is 15.8 Å². The average molecular weight is 372 g/mol. The fourth-order valence-corrected chi connectivity index (χ4v) is 2.85. The number of benzene rings is 1. The summed E-state index contributed by atoms with van der Waals surface area (Å²) in [5.41, 5.74) is 7.47. The maximum absolute atomic E-state index is 12.3. The fourth-order valence-electron chi connectivity index (χ4n) is 2.16. The Bertz CT molecular complexity index is 811. The molecule has 2 rings (SSSR count). The summed E-state index contributed by atoms with van der Waals surface area (Å²) in [6, 6.07) is 10.2. The van der Waals surface area contributed by atoms with Crippen LogP contribution in [0.3, 0.4) is 0 Å². The highest BCUT2D eigenvalue weighted by atomic mass is 32.2. The zero-order valence-corrected chi connectivity index (χ0v) is 15.2. The van der Waals surface area contributed by atoms with Gasteiger partial charge >= 0.3 is 5.97 Å². The van der Waals surface area contributed by atoms with Crippen LogP contribution in [-0.4, -0.2) is 36.1 Å². The van der Waals surface area contributed by atoms with Crippen LogP contribution in [-0.2, 0) is 11.3 Å². The van der Waals surface area contributed by atoms with Crippen LogP contribution in [0.5, 0.6) is 0 Å². The Kier molecular flexibility index (Phi) is 7.31. The Hall–Kier alpha value is -2.71. The molecule has 0 fully saturated rings. The van der Waals surface area contributed by atoms with E-state index in [2.05, 4.69) is 22.0 Å². The lowest BCUT2D eigenvalue weighted by Crippen LogP contribution is -2.24. The van der Waals surface area contributed by atoms with Gasteiger partial charge in [0.15, 0.2) is 0 Å². The molecule has 8 heteroatoms. The number of amides is 1. The smallest absolute Gasteiger partial charge is 0.356 e. The highest BCUT2D eigenvalue weighted by Crippen LogP contribution is 2.29. The molecule has 1 heterocycles. The Morgan fingerprint density at radius 3 is 2.77 bits per heavy atom. The van der Waals surface area contributed by atoms with Crippen molar-refractivity contribution in [1.82, 2.24) is 10.3 Å². The second-order valence-electron chi connectivity index (χ2n) is 5.08. The Labute approximate surface area is 156 Å². The van der Waals surface area contributed by atoms with Crippen LogP contribution in [0.15, 0.2) is 46.3 Å². The molecule has 0 aliphatic carbocycles. The maximum atomic E-state index is 12.3. The molecule has 3 N–H and O–H groups in total. The van der Waals surface area contributed by atoms with Gasteiger partial charge in [0.1, 0.15) is 11.4 Å². The lowest BCUT2D eigenvalue weighted by molar-refractivity contribution is 0.0519. The van der Waals surface area contributed by atoms with Crippen molar-refractivity contribution in [2.45, 2.75) is 18.4 Å². The molecule has 26 heavy (non-hydrogen) atoms. The van der Waals surface area contributed by atoms with Crippen molar-refractivity contribution in [2.75, 3.05) is 12.5 Å². The molecule has 1 amide bonds. The maximum Gasteiger partial charge on any atom is 0.356 e. The Morgan fingerprint density at radius 2 is 2.08 bits per heavy atom. The molecule has 0 aliphatic rings. The zero-order chi connectivity index (χ0) is 18.9. The molecule has 0 spiro atoms. The normalized spacial score (nSPS) is 10.2. The van der Waals surface area contributed by atoms with Crippen molar-refractivity contribution in [1.29, 1.82) is 0 Å². The lowest BCUT2D eigenvalue weighted by atomic mass is 10.2. The van der Waals surface area contributed by atoms with E-state index in [4.69, 9.17) is 10.5 Å². The Balaban J connectivity index is 2.07. The van der Waals surface area contributed by atoms with Gasteiger partial charge in [-0.1, -0.05) is 12.1 Å². The molecule has 1 aromatic carbocycles. The van der Waals surface area contributed by atoms with Crippen LogP contribution in [0.4, 0.5) is 5.69 Å². The minimum absolute atomic E-state index is 0.0996. The van der Waals surface area contributed by atoms with E-state index in [0.29, 0.717) is 12.4 Å². The molecular formula is C18H20N4O3S. The molecule has 0 unspecified atom stereocenters. The van der Waals surface area contributed by atoms with Gasteiger partial charge in [0.05, 0.1) is 12.3 Å². The number of ether oxygens (including phenoxy) is 1. The van der Waals surface area contributed by atoms with Crippen molar-refractivity contribution in [2.24, 2.45) is 10.7 Å². The summed E-state index contributed by atoms with van der Waals surface area (Å²) < 4.78 is 4.89. The van der Waals surface area contributed by atoms with Gasteiger partial charge in [0, 0.05) is 17.3 Å². The minimum atomic E-state index is -0.557. The molecular weight excluding hydrogens is 352 g/mol. The van der Waals surface area contributed by atoms with Gasteiger partial charge in [-0.05, 0) is 43.5 Å². The van der Waals surface area contributed by atoms with E-state index in [1.54, 1.807) is 19.1 Å². The predicted octanol–water partition coefficient (Wildman–Crippen LogP) is 2.53. The van der Waals surface area contributed by atoms with E-state index in [0.717, 1.165) is 16.1 Å². The van der Waals surface area contributed by atoms with Crippen LogP contribution in [0.2, 0.25) is 0 Å². The highest BCUT2D eigenvalue weighted by molar-refractivity contribution is 7.99. The molecule has 2 aromatic rings. The summed E-state index contributed by atoms with van der Waals surface area (Å²) in [5, 5.41) is 2.78. The van der Waals surface area contributed by atoms with E-state index < -0.39 is 5.97 Å². The van der Waals surface area contributed by atoms with Gasteiger partial charge in [-0.3, -0.25) is 9.79 Å². The number of carbonyl (C=O) groups is 2. The standard InChI is InChI=1S/C18H20N4O3S/c1-3-25-18(24)15-6-4-5-14(22-15)17(23)21-10-12-7-8-13(20-2)16(9-12)26-11-19/h4-9H,2-3,10-11,19H2,1H3,(H,21,23). The Morgan fingerprint density at radius 1 is 1.31 bits per heavy atom. The number of thioether (sulfide) groups is 1. The highest BCUT2D eigenvalue weighted by Gasteiger charge is 2.13. The quantitative estimate of drug-likeness (QED) is 0.319. The molecule has 0 bridgehead atoms. The minimum Gasteiger partial charge on any atom is -0.461 e. The molecule has 0 radical (unpaired) electrons. The van der Waals surface area contributed by atoms with Gasteiger partial charge in [0.25, 0.3) is 5.91 Å². The molecule has 1 aromatic heterocycles. The second kappa shape index (κ2) is 9.69.